The molecule has 2 unspecified atom stereocenters. The van der Waals surface area contributed by atoms with Crippen molar-refractivity contribution in [3.8, 4) is 5.75 Å². The SMILES string of the molecule is CCC1(CC)OCC(COc2ccnc(C[S+]([O-])c3nc4ccccc4[nH]3)c2C)O1. The number of para-hydroxylation sites is 2. The summed E-state index contributed by atoms with van der Waals surface area (Å²) in [5, 5.41) is 0.454. The van der Waals surface area contributed by atoms with Crippen molar-refractivity contribution >= 4 is 22.2 Å². The average Bonchev–Trinajstić information content (AvgIpc) is 3.39. The van der Waals surface area contributed by atoms with Gasteiger partial charge < -0.3 is 18.8 Å². The molecule has 3 aromatic rings. The molecule has 2 aromatic heterocycles. The van der Waals surface area contributed by atoms with Crippen molar-refractivity contribution in [3.05, 3.63) is 47.8 Å². The molecule has 7 nitrogen and oxygen atoms in total. The summed E-state index contributed by atoms with van der Waals surface area (Å²) in [6, 6.07) is 9.47. The molecule has 4 rings (SSSR count). The molecular weight excluding hydrogens is 402 g/mol. The number of nitrogens with zero attached hydrogens (tertiary/aromatic N) is 2. The first-order valence-corrected chi connectivity index (χ1v) is 11.6. The molecule has 8 heteroatoms. The fourth-order valence-electron chi connectivity index (χ4n) is 3.59. The van der Waals surface area contributed by atoms with Gasteiger partial charge in [-0.3, -0.25) is 9.97 Å². The summed E-state index contributed by atoms with van der Waals surface area (Å²) in [5.74, 6) is 0.493. The van der Waals surface area contributed by atoms with Crippen molar-refractivity contribution in [2.45, 2.75) is 56.4 Å². The summed E-state index contributed by atoms with van der Waals surface area (Å²) in [4.78, 5) is 12.0. The Kier molecular flexibility index (Phi) is 6.29. The Bertz CT molecular complexity index is 972. The Morgan fingerprint density at radius 1 is 1.27 bits per heavy atom. The second-order valence-electron chi connectivity index (χ2n) is 7.41. The summed E-state index contributed by atoms with van der Waals surface area (Å²) in [6.07, 6.45) is 3.20. The molecule has 160 valence electrons. The Morgan fingerprint density at radius 3 is 2.80 bits per heavy atom. The average molecular weight is 430 g/mol. The third-order valence-corrected chi connectivity index (χ3v) is 6.69. The normalized spacial score (nSPS) is 19.3. The number of rotatable bonds is 8. The maximum Gasteiger partial charge on any atom is 0.322 e. The highest BCUT2D eigenvalue weighted by molar-refractivity contribution is 7.90. The number of nitrogens with one attached hydrogen (secondary N) is 1. The number of aromatic nitrogens is 3. The molecule has 1 N–H and O–H groups in total. The predicted octanol–water partition coefficient (Wildman–Crippen LogP) is 3.88. The van der Waals surface area contributed by atoms with Crippen molar-refractivity contribution < 1.29 is 18.8 Å². The van der Waals surface area contributed by atoms with Gasteiger partial charge in [0.15, 0.2) is 11.5 Å². The summed E-state index contributed by atoms with van der Waals surface area (Å²) >= 11 is -1.33. The van der Waals surface area contributed by atoms with Crippen LogP contribution in [-0.4, -0.2) is 44.6 Å². The van der Waals surface area contributed by atoms with Gasteiger partial charge in [-0.05, 0) is 38.0 Å². The Balaban J connectivity index is 1.41. The molecule has 1 aromatic carbocycles. The maximum absolute atomic E-state index is 12.9. The predicted molar refractivity (Wildman–Crippen MR) is 115 cm³/mol. The number of benzene rings is 1. The summed E-state index contributed by atoms with van der Waals surface area (Å²) in [7, 11) is 0. The number of fused-ring (bicyclic) bond motifs is 1. The lowest BCUT2D eigenvalue weighted by Crippen LogP contribution is -2.30. The Hall–Kier alpha value is -2.13. The smallest absolute Gasteiger partial charge is 0.322 e. The van der Waals surface area contributed by atoms with Gasteiger partial charge in [-0.1, -0.05) is 26.0 Å². The molecule has 1 aliphatic rings. The second-order valence-corrected chi connectivity index (χ2v) is 8.78. The van der Waals surface area contributed by atoms with Crippen LogP contribution in [0.2, 0.25) is 0 Å². The van der Waals surface area contributed by atoms with Crippen LogP contribution in [0.1, 0.15) is 37.9 Å². The van der Waals surface area contributed by atoms with Crippen LogP contribution in [0, 0.1) is 6.92 Å². The van der Waals surface area contributed by atoms with Crippen LogP contribution in [-0.2, 0) is 26.4 Å². The fourth-order valence-corrected chi connectivity index (χ4v) is 4.69. The first-order chi connectivity index (χ1) is 14.5. The molecule has 1 saturated heterocycles. The Morgan fingerprint density at radius 2 is 2.07 bits per heavy atom. The number of H-pyrrole nitrogens is 1. The van der Waals surface area contributed by atoms with E-state index in [-0.39, 0.29) is 11.9 Å². The minimum absolute atomic E-state index is 0.106. The lowest BCUT2D eigenvalue weighted by atomic mass is 10.1. The summed E-state index contributed by atoms with van der Waals surface area (Å²) in [6.45, 7) is 6.98. The minimum atomic E-state index is -1.33. The van der Waals surface area contributed by atoms with Gasteiger partial charge in [0.25, 0.3) is 0 Å². The third-order valence-electron chi connectivity index (χ3n) is 5.53. The zero-order chi connectivity index (χ0) is 21.1. The molecule has 0 spiro atoms. The topological polar surface area (TPSA) is 92.3 Å². The van der Waals surface area contributed by atoms with E-state index in [9.17, 15) is 4.55 Å². The first kappa shape index (κ1) is 21.1. The fraction of sp³-hybridized carbons (Fsp3) is 0.455. The largest absolute Gasteiger partial charge is 0.609 e. The summed E-state index contributed by atoms with van der Waals surface area (Å²) < 4.78 is 30.8. The maximum atomic E-state index is 12.9. The highest BCUT2D eigenvalue weighted by Gasteiger charge is 2.38. The van der Waals surface area contributed by atoms with Crippen LogP contribution < -0.4 is 4.74 Å². The molecule has 0 radical (unpaired) electrons. The van der Waals surface area contributed by atoms with Crippen molar-refractivity contribution in [1.29, 1.82) is 0 Å². The monoisotopic (exact) mass is 429 g/mol. The molecule has 2 atom stereocenters. The molecule has 1 aliphatic heterocycles. The molecule has 0 amide bonds. The molecule has 3 heterocycles. The van der Waals surface area contributed by atoms with E-state index in [1.54, 1.807) is 6.20 Å². The van der Waals surface area contributed by atoms with E-state index in [1.165, 1.54) is 0 Å². The van der Waals surface area contributed by atoms with Gasteiger partial charge in [-0.2, -0.15) is 4.98 Å². The van der Waals surface area contributed by atoms with Crippen LogP contribution in [0.25, 0.3) is 11.0 Å². The number of hydrogen-bond donors (Lipinski definition) is 1. The van der Waals surface area contributed by atoms with Gasteiger partial charge in [0, 0.05) is 22.9 Å². The van der Waals surface area contributed by atoms with Crippen molar-refractivity contribution in [3.63, 3.8) is 0 Å². The summed E-state index contributed by atoms with van der Waals surface area (Å²) in [5.41, 5.74) is 3.28. The highest BCUT2D eigenvalue weighted by Crippen LogP contribution is 2.31. The van der Waals surface area contributed by atoms with Gasteiger partial charge >= 0.3 is 5.16 Å². The molecule has 1 fully saturated rings. The zero-order valence-corrected chi connectivity index (χ0v) is 18.3. The van der Waals surface area contributed by atoms with Crippen molar-refractivity contribution in [2.24, 2.45) is 0 Å². The van der Waals surface area contributed by atoms with Crippen molar-refractivity contribution in [1.82, 2.24) is 15.0 Å². The van der Waals surface area contributed by atoms with Gasteiger partial charge in [0.2, 0.25) is 0 Å². The molecule has 0 saturated carbocycles. The van der Waals surface area contributed by atoms with Crippen LogP contribution in [0.5, 0.6) is 5.75 Å². The quantitative estimate of drug-likeness (QED) is 0.546. The van der Waals surface area contributed by atoms with Gasteiger partial charge in [-0.15, -0.1) is 0 Å². The number of aromatic amines is 1. The number of ether oxygens (including phenoxy) is 3. The van der Waals surface area contributed by atoms with E-state index in [0.717, 1.165) is 40.9 Å². The molecule has 30 heavy (non-hydrogen) atoms. The van der Waals surface area contributed by atoms with Gasteiger partial charge in [-0.25, -0.2) is 0 Å². The van der Waals surface area contributed by atoms with E-state index in [4.69, 9.17) is 14.2 Å². The van der Waals surface area contributed by atoms with Gasteiger partial charge in [0.1, 0.15) is 18.5 Å². The van der Waals surface area contributed by atoms with E-state index in [1.807, 2.05) is 37.3 Å². The highest BCUT2D eigenvalue weighted by atomic mass is 32.2. The first-order valence-electron chi connectivity index (χ1n) is 10.3. The lowest BCUT2D eigenvalue weighted by molar-refractivity contribution is -0.174. The number of imidazole rings is 1. The molecule has 0 bridgehead atoms. The lowest BCUT2D eigenvalue weighted by Gasteiger charge is -2.25. The van der Waals surface area contributed by atoms with Crippen LogP contribution >= 0.6 is 0 Å². The van der Waals surface area contributed by atoms with E-state index in [0.29, 0.717) is 18.4 Å². The number of pyridine rings is 1. The molecule has 0 aliphatic carbocycles. The zero-order valence-electron chi connectivity index (χ0n) is 17.5. The number of hydrogen-bond acceptors (Lipinski definition) is 6. The van der Waals surface area contributed by atoms with Crippen LogP contribution in [0.4, 0.5) is 0 Å². The van der Waals surface area contributed by atoms with Crippen LogP contribution in [0.3, 0.4) is 0 Å². The standard InChI is InChI=1S/C22H27N3O4S/c1-4-22(5-2)28-13-16(29-22)12-27-20-10-11-23-19(15(20)3)14-30(26)21-24-17-8-6-7-9-18(17)25-21/h6-11,16H,4-5,12-14H2,1-3H3,(H,24,25). The van der Waals surface area contributed by atoms with Crippen molar-refractivity contribution in [2.75, 3.05) is 13.2 Å². The van der Waals surface area contributed by atoms with Crippen LogP contribution in [0.15, 0.2) is 41.7 Å². The molecular formula is C22H27N3O4S. The van der Waals surface area contributed by atoms with E-state index < -0.39 is 17.0 Å². The minimum Gasteiger partial charge on any atom is -0.609 e. The third kappa shape index (κ3) is 4.32. The van der Waals surface area contributed by atoms with E-state index in [2.05, 4.69) is 28.8 Å². The van der Waals surface area contributed by atoms with E-state index >= 15 is 0 Å². The second kappa shape index (κ2) is 8.93. The Labute approximate surface area is 179 Å². The van der Waals surface area contributed by atoms with Gasteiger partial charge in [0.05, 0.1) is 23.3 Å².